The van der Waals surface area contributed by atoms with Crippen LogP contribution in [0.3, 0.4) is 0 Å². The predicted molar refractivity (Wildman–Crippen MR) is 74.3 cm³/mol. The number of rotatable bonds is 5. The summed E-state index contributed by atoms with van der Waals surface area (Å²) in [5.74, 6) is -0.143. The number of hydrogen-bond acceptors (Lipinski definition) is 2. The molecule has 17 heavy (non-hydrogen) atoms. The van der Waals surface area contributed by atoms with Crippen molar-refractivity contribution in [1.29, 1.82) is 0 Å². The van der Waals surface area contributed by atoms with Crippen molar-refractivity contribution < 1.29 is 4.79 Å². The maximum absolute atomic E-state index is 11.6. The topological polar surface area (TPSA) is 55.1 Å². The summed E-state index contributed by atoms with van der Waals surface area (Å²) < 4.78 is 0. The van der Waals surface area contributed by atoms with Gasteiger partial charge < -0.3 is 11.1 Å². The average Bonchev–Trinajstić information content (AvgIpc) is 2.28. The Kier molecular flexibility index (Phi) is 8.35. The summed E-state index contributed by atoms with van der Waals surface area (Å²) in [6.07, 6.45) is 1.78. The van der Waals surface area contributed by atoms with Crippen LogP contribution in [0.4, 0.5) is 0 Å². The number of carbonyl (C=O) groups excluding carboxylic acids is 1. The van der Waals surface area contributed by atoms with Gasteiger partial charge in [0.15, 0.2) is 0 Å². The lowest BCUT2D eigenvalue weighted by Gasteiger charge is -2.05. The van der Waals surface area contributed by atoms with Gasteiger partial charge in [0.2, 0.25) is 0 Å². The van der Waals surface area contributed by atoms with Gasteiger partial charge in [0, 0.05) is 12.1 Å². The third-order valence-electron chi connectivity index (χ3n) is 2.10. The lowest BCUT2D eigenvalue weighted by atomic mass is 10.2. The van der Waals surface area contributed by atoms with E-state index in [2.05, 4.69) is 5.32 Å². The highest BCUT2D eigenvalue weighted by Crippen LogP contribution is 2.22. The molecule has 0 fully saturated rings. The minimum absolute atomic E-state index is 0. The van der Waals surface area contributed by atoms with Crippen LogP contribution in [0.1, 0.15) is 23.2 Å². The molecule has 0 aliphatic carbocycles. The molecule has 0 aromatic heterocycles. The van der Waals surface area contributed by atoms with E-state index in [0.717, 1.165) is 12.8 Å². The Bertz CT molecular complexity index is 372. The van der Waals surface area contributed by atoms with Gasteiger partial charge >= 0.3 is 0 Å². The first kappa shape index (κ1) is 16.5. The molecule has 1 aromatic rings. The number of halogens is 3. The molecule has 0 aliphatic rings. The van der Waals surface area contributed by atoms with Gasteiger partial charge in [-0.1, -0.05) is 23.2 Å². The Morgan fingerprint density at radius 1 is 1.24 bits per heavy atom. The van der Waals surface area contributed by atoms with Gasteiger partial charge in [-0.05, 0) is 37.6 Å². The predicted octanol–water partition coefficient (Wildman–Crippen LogP) is 2.88. The fourth-order valence-corrected chi connectivity index (χ4v) is 1.51. The molecule has 6 heteroatoms. The van der Waals surface area contributed by atoms with Gasteiger partial charge in [0.25, 0.3) is 5.91 Å². The maximum atomic E-state index is 11.6. The van der Waals surface area contributed by atoms with Gasteiger partial charge in [-0.3, -0.25) is 4.79 Å². The molecule has 96 valence electrons. The Labute approximate surface area is 117 Å². The average molecular weight is 298 g/mol. The van der Waals surface area contributed by atoms with Crippen molar-refractivity contribution in [2.24, 2.45) is 5.73 Å². The first-order valence-electron chi connectivity index (χ1n) is 5.08. The zero-order valence-corrected chi connectivity index (χ0v) is 11.5. The molecule has 3 nitrogen and oxygen atoms in total. The van der Waals surface area contributed by atoms with E-state index in [4.69, 9.17) is 28.9 Å². The minimum Gasteiger partial charge on any atom is -0.352 e. The molecule has 0 heterocycles. The fraction of sp³-hybridized carbons (Fsp3) is 0.364. The highest BCUT2D eigenvalue weighted by Gasteiger charge is 2.06. The van der Waals surface area contributed by atoms with Crippen LogP contribution in [0.5, 0.6) is 0 Å². The van der Waals surface area contributed by atoms with Crippen LogP contribution in [0, 0.1) is 0 Å². The third-order valence-corrected chi connectivity index (χ3v) is 2.84. The summed E-state index contributed by atoms with van der Waals surface area (Å²) >= 11 is 11.6. The summed E-state index contributed by atoms with van der Waals surface area (Å²) in [5.41, 5.74) is 5.86. The molecule has 0 saturated carbocycles. The number of carbonyl (C=O) groups is 1. The van der Waals surface area contributed by atoms with E-state index >= 15 is 0 Å². The normalized spacial score (nSPS) is 9.59. The van der Waals surface area contributed by atoms with Crippen molar-refractivity contribution in [2.75, 3.05) is 13.1 Å². The molecule has 0 unspecified atom stereocenters. The van der Waals surface area contributed by atoms with Gasteiger partial charge in [-0.2, -0.15) is 0 Å². The van der Waals surface area contributed by atoms with E-state index in [-0.39, 0.29) is 18.3 Å². The van der Waals surface area contributed by atoms with Gasteiger partial charge in [-0.15, -0.1) is 12.4 Å². The monoisotopic (exact) mass is 296 g/mol. The first-order chi connectivity index (χ1) is 7.65. The van der Waals surface area contributed by atoms with Crippen molar-refractivity contribution >= 4 is 41.5 Å². The number of nitrogens with two attached hydrogens (primary N) is 1. The van der Waals surface area contributed by atoms with E-state index in [1.54, 1.807) is 18.2 Å². The van der Waals surface area contributed by atoms with Crippen LogP contribution in [0.2, 0.25) is 10.0 Å². The second kappa shape index (κ2) is 8.59. The number of benzene rings is 1. The lowest BCUT2D eigenvalue weighted by Crippen LogP contribution is -2.24. The summed E-state index contributed by atoms with van der Waals surface area (Å²) in [6.45, 7) is 1.26. The van der Waals surface area contributed by atoms with Crippen molar-refractivity contribution in [2.45, 2.75) is 12.8 Å². The van der Waals surface area contributed by atoms with Gasteiger partial charge in [0.1, 0.15) is 0 Å². The lowest BCUT2D eigenvalue weighted by molar-refractivity contribution is 0.0953. The van der Waals surface area contributed by atoms with E-state index in [9.17, 15) is 4.79 Å². The zero-order chi connectivity index (χ0) is 12.0. The molecular formula is C11H15Cl3N2O. The minimum atomic E-state index is -0.143. The fourth-order valence-electron chi connectivity index (χ4n) is 1.21. The number of amides is 1. The van der Waals surface area contributed by atoms with Crippen LogP contribution >= 0.6 is 35.6 Å². The largest absolute Gasteiger partial charge is 0.352 e. The quantitative estimate of drug-likeness (QED) is 0.821. The Balaban J connectivity index is 0.00000256. The molecular weight excluding hydrogens is 282 g/mol. The van der Waals surface area contributed by atoms with Crippen molar-refractivity contribution in [3.63, 3.8) is 0 Å². The summed E-state index contributed by atoms with van der Waals surface area (Å²) in [5, 5.41) is 3.62. The Morgan fingerprint density at radius 3 is 2.53 bits per heavy atom. The molecule has 0 spiro atoms. The molecule has 1 rings (SSSR count). The Hall–Kier alpha value is -0.480. The van der Waals surface area contributed by atoms with Crippen LogP contribution in [-0.4, -0.2) is 19.0 Å². The smallest absolute Gasteiger partial charge is 0.251 e. The van der Waals surface area contributed by atoms with Crippen molar-refractivity contribution in [1.82, 2.24) is 5.32 Å². The molecule has 0 bridgehead atoms. The summed E-state index contributed by atoms with van der Waals surface area (Å²) in [6, 6.07) is 4.81. The van der Waals surface area contributed by atoms with E-state index in [1.807, 2.05) is 0 Å². The molecule has 0 radical (unpaired) electrons. The second-order valence-electron chi connectivity index (χ2n) is 3.38. The van der Waals surface area contributed by atoms with Crippen LogP contribution < -0.4 is 11.1 Å². The number of nitrogens with one attached hydrogen (secondary N) is 1. The molecule has 0 atom stereocenters. The molecule has 1 aromatic carbocycles. The SMILES string of the molecule is Cl.NCCCCNC(=O)c1ccc(Cl)c(Cl)c1. The zero-order valence-electron chi connectivity index (χ0n) is 9.21. The van der Waals surface area contributed by atoms with Crippen LogP contribution in [0.15, 0.2) is 18.2 Å². The standard InChI is InChI=1S/C11H14Cl2N2O.ClH/c12-9-4-3-8(7-10(9)13)11(16)15-6-2-1-5-14;/h3-4,7H,1-2,5-6,14H2,(H,15,16);1H. The van der Waals surface area contributed by atoms with Crippen LogP contribution in [0.25, 0.3) is 0 Å². The first-order valence-corrected chi connectivity index (χ1v) is 5.84. The van der Waals surface area contributed by atoms with E-state index < -0.39 is 0 Å². The molecule has 0 aliphatic heterocycles. The van der Waals surface area contributed by atoms with E-state index in [1.165, 1.54) is 0 Å². The summed E-state index contributed by atoms with van der Waals surface area (Å²) in [7, 11) is 0. The third kappa shape index (κ3) is 5.59. The van der Waals surface area contributed by atoms with Crippen molar-refractivity contribution in [3.05, 3.63) is 33.8 Å². The van der Waals surface area contributed by atoms with Crippen molar-refractivity contribution in [3.8, 4) is 0 Å². The van der Waals surface area contributed by atoms with Crippen LogP contribution in [-0.2, 0) is 0 Å². The number of unbranched alkanes of at least 4 members (excludes halogenated alkanes) is 1. The maximum Gasteiger partial charge on any atom is 0.251 e. The Morgan fingerprint density at radius 2 is 1.94 bits per heavy atom. The summed E-state index contributed by atoms with van der Waals surface area (Å²) in [4.78, 5) is 11.6. The molecule has 0 saturated heterocycles. The number of hydrogen-bond donors (Lipinski definition) is 2. The molecule has 3 N–H and O–H groups in total. The molecule has 1 amide bonds. The van der Waals surface area contributed by atoms with Gasteiger partial charge in [0.05, 0.1) is 10.0 Å². The van der Waals surface area contributed by atoms with Gasteiger partial charge in [-0.25, -0.2) is 0 Å². The van der Waals surface area contributed by atoms with E-state index in [0.29, 0.717) is 28.7 Å². The second-order valence-corrected chi connectivity index (χ2v) is 4.19. The highest BCUT2D eigenvalue weighted by atomic mass is 35.5. The highest BCUT2D eigenvalue weighted by molar-refractivity contribution is 6.42.